The smallest absolute Gasteiger partial charge is 0.0790 e. The Kier molecular flexibility index (Phi) is 2.38. The molecule has 1 aromatic rings. The normalized spacial score (nSPS) is 22.9. The van der Waals surface area contributed by atoms with Crippen molar-refractivity contribution < 1.29 is 0 Å². The van der Waals surface area contributed by atoms with Crippen molar-refractivity contribution in [3.63, 3.8) is 0 Å². The molecule has 1 N–H and O–H groups in total. The molecule has 0 unspecified atom stereocenters. The molecule has 1 heterocycles. The fourth-order valence-corrected chi connectivity index (χ4v) is 2.44. The van der Waals surface area contributed by atoms with E-state index in [1.165, 1.54) is 16.9 Å². The maximum absolute atomic E-state index is 3.46. The van der Waals surface area contributed by atoms with Gasteiger partial charge in [0.1, 0.15) is 0 Å². The first-order valence-electron chi connectivity index (χ1n) is 4.28. The molecule has 1 fully saturated rings. The van der Waals surface area contributed by atoms with E-state index in [1.807, 2.05) is 11.8 Å². The minimum absolute atomic E-state index is 0.533. The van der Waals surface area contributed by atoms with Crippen LogP contribution in [0.1, 0.15) is 16.5 Å². The zero-order chi connectivity index (χ0) is 8.39. The Hall–Kier alpha value is -0.470. The Morgan fingerprint density at radius 3 is 2.67 bits per heavy atom. The molecule has 2 heteroatoms. The van der Waals surface area contributed by atoms with Gasteiger partial charge in [0, 0.05) is 12.3 Å². The highest BCUT2D eigenvalue weighted by molar-refractivity contribution is 7.99. The van der Waals surface area contributed by atoms with Crippen molar-refractivity contribution in [3.05, 3.63) is 35.4 Å². The Morgan fingerprint density at radius 1 is 1.33 bits per heavy atom. The van der Waals surface area contributed by atoms with Crippen molar-refractivity contribution >= 4 is 11.8 Å². The van der Waals surface area contributed by atoms with E-state index in [2.05, 4.69) is 36.5 Å². The summed E-state index contributed by atoms with van der Waals surface area (Å²) in [5.41, 5.74) is 2.74. The molecule has 0 radical (unpaired) electrons. The van der Waals surface area contributed by atoms with Crippen molar-refractivity contribution in [1.29, 1.82) is 0 Å². The summed E-state index contributed by atoms with van der Waals surface area (Å²) in [6.07, 6.45) is 0. The largest absolute Gasteiger partial charge is 0.301 e. The lowest BCUT2D eigenvalue weighted by Gasteiger charge is -2.09. The van der Waals surface area contributed by atoms with E-state index in [4.69, 9.17) is 0 Å². The molecular weight excluding hydrogens is 166 g/mol. The summed E-state index contributed by atoms with van der Waals surface area (Å²) in [7, 11) is 0. The maximum atomic E-state index is 3.46. The van der Waals surface area contributed by atoms with Crippen LogP contribution in [0.4, 0.5) is 0 Å². The minimum atomic E-state index is 0.533. The molecule has 1 saturated heterocycles. The SMILES string of the molecule is Cc1ccc([C@@H]2NCCS2)cc1. The second-order valence-electron chi connectivity index (χ2n) is 3.12. The quantitative estimate of drug-likeness (QED) is 0.710. The van der Waals surface area contributed by atoms with Crippen LogP contribution in [0.25, 0.3) is 0 Å². The molecule has 0 amide bonds. The van der Waals surface area contributed by atoms with Crippen LogP contribution in [0.3, 0.4) is 0 Å². The number of rotatable bonds is 1. The van der Waals surface area contributed by atoms with Gasteiger partial charge in [0.25, 0.3) is 0 Å². The molecule has 1 nitrogen and oxygen atoms in total. The lowest BCUT2D eigenvalue weighted by molar-refractivity contribution is 0.751. The van der Waals surface area contributed by atoms with E-state index in [-0.39, 0.29) is 0 Å². The van der Waals surface area contributed by atoms with Crippen LogP contribution in [0.2, 0.25) is 0 Å². The summed E-state index contributed by atoms with van der Waals surface area (Å²) in [4.78, 5) is 0. The molecule has 2 rings (SSSR count). The van der Waals surface area contributed by atoms with E-state index in [0.717, 1.165) is 6.54 Å². The van der Waals surface area contributed by atoms with Crippen LogP contribution in [0.5, 0.6) is 0 Å². The highest BCUT2D eigenvalue weighted by Gasteiger charge is 2.15. The molecule has 1 aliphatic rings. The summed E-state index contributed by atoms with van der Waals surface area (Å²) in [6.45, 7) is 3.27. The van der Waals surface area contributed by atoms with Crippen LogP contribution >= 0.6 is 11.8 Å². The predicted molar refractivity (Wildman–Crippen MR) is 54.4 cm³/mol. The zero-order valence-electron chi connectivity index (χ0n) is 7.21. The summed E-state index contributed by atoms with van der Waals surface area (Å²) in [6, 6.07) is 8.78. The summed E-state index contributed by atoms with van der Waals surface area (Å²) >= 11 is 1.99. The maximum Gasteiger partial charge on any atom is 0.0790 e. The fourth-order valence-electron chi connectivity index (χ4n) is 1.38. The Balaban J connectivity index is 2.17. The van der Waals surface area contributed by atoms with Gasteiger partial charge in [0.05, 0.1) is 5.37 Å². The average molecular weight is 179 g/mol. The topological polar surface area (TPSA) is 12.0 Å². The third-order valence-electron chi connectivity index (χ3n) is 2.10. The van der Waals surface area contributed by atoms with Crippen LogP contribution < -0.4 is 5.32 Å². The van der Waals surface area contributed by atoms with Gasteiger partial charge in [-0.25, -0.2) is 0 Å². The second-order valence-corrected chi connectivity index (χ2v) is 4.33. The molecule has 1 aliphatic heterocycles. The summed E-state index contributed by atoms with van der Waals surface area (Å²) in [5.74, 6) is 1.23. The lowest BCUT2D eigenvalue weighted by atomic mass is 10.1. The van der Waals surface area contributed by atoms with Crippen molar-refractivity contribution in [2.24, 2.45) is 0 Å². The van der Waals surface area contributed by atoms with Crippen molar-refractivity contribution in [1.82, 2.24) is 5.32 Å². The third-order valence-corrected chi connectivity index (χ3v) is 3.31. The number of thioether (sulfide) groups is 1. The molecule has 0 aliphatic carbocycles. The Morgan fingerprint density at radius 2 is 2.08 bits per heavy atom. The molecule has 0 bridgehead atoms. The van der Waals surface area contributed by atoms with Gasteiger partial charge in [-0.05, 0) is 12.5 Å². The molecule has 64 valence electrons. The molecule has 1 atom stereocenters. The number of nitrogens with one attached hydrogen (secondary N) is 1. The average Bonchev–Trinajstić information content (AvgIpc) is 2.58. The van der Waals surface area contributed by atoms with Crippen molar-refractivity contribution in [2.45, 2.75) is 12.3 Å². The first kappa shape index (κ1) is 8.14. The van der Waals surface area contributed by atoms with E-state index >= 15 is 0 Å². The van der Waals surface area contributed by atoms with Crippen LogP contribution in [-0.4, -0.2) is 12.3 Å². The number of hydrogen-bond acceptors (Lipinski definition) is 2. The van der Waals surface area contributed by atoms with E-state index in [0.29, 0.717) is 5.37 Å². The van der Waals surface area contributed by atoms with Gasteiger partial charge in [0.15, 0.2) is 0 Å². The van der Waals surface area contributed by atoms with Crippen molar-refractivity contribution in [2.75, 3.05) is 12.3 Å². The lowest BCUT2D eigenvalue weighted by Crippen LogP contribution is -2.11. The first-order valence-corrected chi connectivity index (χ1v) is 5.33. The minimum Gasteiger partial charge on any atom is -0.301 e. The molecular formula is C10H13NS. The highest BCUT2D eigenvalue weighted by Crippen LogP contribution is 2.29. The fraction of sp³-hybridized carbons (Fsp3) is 0.400. The van der Waals surface area contributed by atoms with E-state index in [9.17, 15) is 0 Å². The summed E-state index contributed by atoms with van der Waals surface area (Å²) in [5, 5.41) is 3.99. The van der Waals surface area contributed by atoms with Gasteiger partial charge >= 0.3 is 0 Å². The molecule has 1 aromatic carbocycles. The number of aryl methyl sites for hydroxylation is 1. The van der Waals surface area contributed by atoms with Gasteiger partial charge in [-0.2, -0.15) is 0 Å². The van der Waals surface area contributed by atoms with Gasteiger partial charge in [-0.1, -0.05) is 29.8 Å². The van der Waals surface area contributed by atoms with Gasteiger partial charge in [-0.15, -0.1) is 11.8 Å². The van der Waals surface area contributed by atoms with Crippen LogP contribution in [0, 0.1) is 6.92 Å². The number of benzene rings is 1. The monoisotopic (exact) mass is 179 g/mol. The first-order chi connectivity index (χ1) is 5.86. The second kappa shape index (κ2) is 3.50. The van der Waals surface area contributed by atoms with Gasteiger partial charge in [0.2, 0.25) is 0 Å². The van der Waals surface area contributed by atoms with Gasteiger partial charge < -0.3 is 5.32 Å². The van der Waals surface area contributed by atoms with Crippen LogP contribution in [-0.2, 0) is 0 Å². The standard InChI is InChI=1S/C10H13NS/c1-8-2-4-9(5-3-8)10-11-6-7-12-10/h2-5,10-11H,6-7H2,1H3/t10-/m1/s1. The van der Waals surface area contributed by atoms with E-state index < -0.39 is 0 Å². The van der Waals surface area contributed by atoms with E-state index in [1.54, 1.807) is 0 Å². The summed E-state index contributed by atoms with van der Waals surface area (Å²) < 4.78 is 0. The van der Waals surface area contributed by atoms with Crippen LogP contribution in [0.15, 0.2) is 24.3 Å². The molecule has 12 heavy (non-hydrogen) atoms. The zero-order valence-corrected chi connectivity index (χ0v) is 8.03. The number of hydrogen-bond donors (Lipinski definition) is 1. The Bertz CT molecular complexity index is 249. The highest BCUT2D eigenvalue weighted by atomic mass is 32.2. The van der Waals surface area contributed by atoms with Gasteiger partial charge in [-0.3, -0.25) is 0 Å². The molecule has 0 spiro atoms. The molecule has 0 aromatic heterocycles. The third kappa shape index (κ3) is 1.65. The van der Waals surface area contributed by atoms with Crippen molar-refractivity contribution in [3.8, 4) is 0 Å². The predicted octanol–water partition coefficient (Wildman–Crippen LogP) is 2.33. The molecule has 0 saturated carbocycles. The Labute approximate surface area is 77.6 Å².